The van der Waals surface area contributed by atoms with Gasteiger partial charge in [0.25, 0.3) is 6.10 Å². The minimum atomic E-state index is -5.73. The first-order valence-corrected chi connectivity index (χ1v) is 6.75. The van der Waals surface area contributed by atoms with Gasteiger partial charge in [-0.2, -0.15) is 26.3 Å². The summed E-state index contributed by atoms with van der Waals surface area (Å²) in [6, 6.07) is 0. The average Bonchev–Trinajstić information content (AvgIpc) is 2.30. The maximum atomic E-state index is 12.4. The molecule has 11 heteroatoms. The van der Waals surface area contributed by atoms with Crippen molar-refractivity contribution < 1.29 is 35.9 Å². The zero-order valence-electron chi connectivity index (χ0n) is 12.8. The molecule has 1 amide bonds. The number of nitrogens with zero attached hydrogens (tertiary/aromatic N) is 2. The number of carbonyl (C=O) groups is 1. The van der Waals surface area contributed by atoms with Crippen molar-refractivity contribution in [3.05, 3.63) is 0 Å². The molecule has 0 saturated carbocycles. The summed E-state index contributed by atoms with van der Waals surface area (Å²) in [5.41, 5.74) is -0.351. The van der Waals surface area contributed by atoms with Gasteiger partial charge in [0.05, 0.1) is 7.85 Å². The first kappa shape index (κ1) is 19.9. The lowest BCUT2D eigenvalue weighted by Crippen LogP contribution is -2.61. The van der Waals surface area contributed by atoms with Crippen molar-refractivity contribution in [1.29, 1.82) is 0 Å². The van der Waals surface area contributed by atoms with Crippen LogP contribution in [0.2, 0.25) is 0 Å². The van der Waals surface area contributed by atoms with E-state index < -0.39 is 30.5 Å². The van der Waals surface area contributed by atoms with Crippen molar-refractivity contribution >= 4 is 13.9 Å². The highest BCUT2D eigenvalue weighted by Crippen LogP contribution is 2.36. The molecule has 0 aliphatic carbocycles. The van der Waals surface area contributed by atoms with Crippen molar-refractivity contribution in [3.8, 4) is 0 Å². The topological polar surface area (TPSA) is 32.8 Å². The summed E-state index contributed by atoms with van der Waals surface area (Å²) < 4.78 is 78.0. The quantitative estimate of drug-likeness (QED) is 0.540. The Morgan fingerprint density at radius 3 is 1.91 bits per heavy atom. The second-order valence-electron chi connectivity index (χ2n) is 6.22. The van der Waals surface area contributed by atoms with Crippen LogP contribution in [0, 0.1) is 0 Å². The van der Waals surface area contributed by atoms with Gasteiger partial charge >= 0.3 is 18.4 Å². The SMILES string of the molecule is [B]C1CN(C(=O)OC(C(F)(F)F)C(F)(F)F)CCN1C(C)(C)C. The van der Waals surface area contributed by atoms with E-state index in [1.165, 1.54) is 0 Å². The van der Waals surface area contributed by atoms with Crippen LogP contribution in [0.25, 0.3) is 0 Å². The number of carbonyl (C=O) groups excluding carboxylic acids is 1. The van der Waals surface area contributed by atoms with Gasteiger partial charge in [-0.3, -0.25) is 0 Å². The van der Waals surface area contributed by atoms with E-state index in [0.717, 1.165) is 4.90 Å². The van der Waals surface area contributed by atoms with Gasteiger partial charge in [-0.05, 0) is 26.7 Å². The third-order valence-electron chi connectivity index (χ3n) is 3.35. The Hall–Kier alpha value is -1.13. The second kappa shape index (κ2) is 6.41. The van der Waals surface area contributed by atoms with E-state index >= 15 is 0 Å². The van der Waals surface area contributed by atoms with Crippen molar-refractivity contribution in [2.45, 2.75) is 50.7 Å². The first-order chi connectivity index (χ1) is 10.1. The number of ether oxygens (including phenoxy) is 1. The zero-order valence-corrected chi connectivity index (χ0v) is 12.8. The third-order valence-corrected chi connectivity index (χ3v) is 3.35. The summed E-state index contributed by atoms with van der Waals surface area (Å²) in [5.74, 6) is -0.716. The Morgan fingerprint density at radius 2 is 1.57 bits per heavy atom. The fraction of sp³-hybridized carbons (Fsp3) is 0.917. The van der Waals surface area contributed by atoms with E-state index in [0.29, 0.717) is 0 Å². The molecule has 1 fully saturated rings. The molecule has 1 aliphatic heterocycles. The van der Waals surface area contributed by atoms with Gasteiger partial charge in [0.1, 0.15) is 0 Å². The summed E-state index contributed by atoms with van der Waals surface area (Å²) in [6.07, 6.45) is -17.3. The number of piperazine rings is 1. The van der Waals surface area contributed by atoms with Crippen molar-refractivity contribution in [3.63, 3.8) is 0 Å². The smallest absolute Gasteiger partial charge is 0.426 e. The summed E-state index contributed by atoms with van der Waals surface area (Å²) in [5, 5.41) is 0. The van der Waals surface area contributed by atoms with Crippen LogP contribution in [0.4, 0.5) is 31.1 Å². The van der Waals surface area contributed by atoms with Crippen LogP contribution in [-0.2, 0) is 4.74 Å². The van der Waals surface area contributed by atoms with Gasteiger partial charge in [0.15, 0.2) is 0 Å². The maximum absolute atomic E-state index is 12.4. The minimum Gasteiger partial charge on any atom is -0.426 e. The lowest BCUT2D eigenvalue weighted by atomic mass is 9.88. The van der Waals surface area contributed by atoms with Gasteiger partial charge in [-0.25, -0.2) is 4.79 Å². The largest absolute Gasteiger partial charge is 0.434 e. The number of amides is 1. The summed E-state index contributed by atoms with van der Waals surface area (Å²) in [4.78, 5) is 14.2. The molecule has 0 N–H and O–H groups in total. The predicted molar refractivity (Wildman–Crippen MR) is 70.0 cm³/mol. The van der Waals surface area contributed by atoms with Crippen LogP contribution in [0.5, 0.6) is 0 Å². The molecule has 4 nitrogen and oxygen atoms in total. The lowest BCUT2D eigenvalue weighted by Gasteiger charge is -2.47. The van der Waals surface area contributed by atoms with Crippen LogP contribution in [-0.4, -0.2) is 73.3 Å². The van der Waals surface area contributed by atoms with Gasteiger partial charge < -0.3 is 14.5 Å². The Morgan fingerprint density at radius 1 is 1.09 bits per heavy atom. The lowest BCUT2D eigenvalue weighted by molar-refractivity contribution is -0.308. The third kappa shape index (κ3) is 5.18. The molecular weight excluding hydrogens is 329 g/mol. The van der Waals surface area contributed by atoms with E-state index in [-0.39, 0.29) is 25.2 Å². The number of alkyl halides is 6. The zero-order chi connectivity index (χ0) is 18.2. The van der Waals surface area contributed by atoms with Crippen molar-refractivity contribution in [2.24, 2.45) is 0 Å². The maximum Gasteiger partial charge on any atom is 0.434 e. The summed E-state index contributed by atoms with van der Waals surface area (Å²) in [6.45, 7) is 5.46. The molecule has 2 radical (unpaired) electrons. The average molecular weight is 346 g/mol. The molecule has 1 unspecified atom stereocenters. The fourth-order valence-electron chi connectivity index (χ4n) is 2.30. The Labute approximate surface area is 131 Å². The molecule has 0 aromatic rings. The number of halogens is 6. The molecule has 1 saturated heterocycles. The predicted octanol–water partition coefficient (Wildman–Crippen LogP) is 2.53. The van der Waals surface area contributed by atoms with Crippen molar-refractivity contribution in [1.82, 2.24) is 9.80 Å². The van der Waals surface area contributed by atoms with E-state index in [2.05, 4.69) is 4.74 Å². The number of rotatable bonds is 1. The van der Waals surface area contributed by atoms with Gasteiger partial charge in [-0.15, -0.1) is 0 Å². The van der Waals surface area contributed by atoms with Crippen LogP contribution in [0.1, 0.15) is 20.8 Å². The van der Waals surface area contributed by atoms with Crippen molar-refractivity contribution in [2.75, 3.05) is 19.6 Å². The normalized spacial score (nSPS) is 21.7. The van der Waals surface area contributed by atoms with Crippen LogP contribution >= 0.6 is 0 Å². The molecule has 0 spiro atoms. The molecule has 0 aromatic carbocycles. The molecule has 1 rings (SSSR count). The standard InChI is InChI=1S/C12H17BF6N2O2/c1-10(2,3)21-5-4-20(6-7(21)13)9(22)23-8(11(14,15)16)12(17,18)19/h7-8H,4-6H2,1-3H3. The molecule has 0 aromatic heterocycles. The summed E-state index contributed by atoms with van der Waals surface area (Å²) in [7, 11) is 5.83. The molecule has 0 bridgehead atoms. The second-order valence-corrected chi connectivity index (χ2v) is 6.22. The molecule has 1 atom stereocenters. The van der Waals surface area contributed by atoms with E-state index in [4.69, 9.17) is 7.85 Å². The van der Waals surface area contributed by atoms with Gasteiger partial charge in [0.2, 0.25) is 0 Å². The van der Waals surface area contributed by atoms with E-state index in [9.17, 15) is 31.1 Å². The molecule has 1 aliphatic rings. The van der Waals surface area contributed by atoms with Gasteiger partial charge in [0, 0.05) is 25.2 Å². The summed E-state index contributed by atoms with van der Waals surface area (Å²) >= 11 is 0. The first-order valence-electron chi connectivity index (χ1n) is 6.75. The molecule has 1 heterocycles. The van der Waals surface area contributed by atoms with Crippen LogP contribution in [0.3, 0.4) is 0 Å². The fourth-order valence-corrected chi connectivity index (χ4v) is 2.30. The monoisotopic (exact) mass is 346 g/mol. The Kier molecular flexibility index (Phi) is 5.55. The number of hydrogen-bond acceptors (Lipinski definition) is 3. The highest BCUT2D eigenvalue weighted by Gasteiger charge is 2.60. The van der Waals surface area contributed by atoms with Crippen LogP contribution in [0.15, 0.2) is 0 Å². The Bertz CT molecular complexity index is 421. The minimum absolute atomic E-state index is 0.0771. The molecule has 23 heavy (non-hydrogen) atoms. The molecule has 132 valence electrons. The highest BCUT2D eigenvalue weighted by atomic mass is 19.4. The highest BCUT2D eigenvalue weighted by molar-refractivity contribution is 6.12. The van der Waals surface area contributed by atoms with E-state index in [1.54, 1.807) is 4.90 Å². The molecular formula is C12H17BF6N2O2. The van der Waals surface area contributed by atoms with Gasteiger partial charge in [-0.1, -0.05) is 0 Å². The van der Waals surface area contributed by atoms with E-state index in [1.807, 2.05) is 20.8 Å². The Balaban J connectivity index is 2.76. The van der Waals surface area contributed by atoms with Crippen LogP contribution < -0.4 is 0 Å². The number of hydrogen-bond donors (Lipinski definition) is 0.